The van der Waals surface area contributed by atoms with Gasteiger partial charge in [0.05, 0.1) is 0 Å². The summed E-state index contributed by atoms with van der Waals surface area (Å²) in [7, 11) is 3.56. The molecule has 0 bridgehead atoms. The average molecular weight is 397 g/mol. The van der Waals surface area contributed by atoms with E-state index in [1.165, 1.54) is 57.8 Å². The number of allylic oxidation sites excluding steroid dienone is 1. The van der Waals surface area contributed by atoms with Gasteiger partial charge in [-0.25, -0.2) is 0 Å². The van der Waals surface area contributed by atoms with Crippen molar-refractivity contribution in [2.45, 2.75) is 103 Å². The van der Waals surface area contributed by atoms with Crippen molar-refractivity contribution in [3.63, 3.8) is 0 Å². The fourth-order valence-corrected chi connectivity index (χ4v) is 3.28. The van der Waals surface area contributed by atoms with E-state index in [0.717, 1.165) is 25.7 Å². The molecule has 28 heavy (non-hydrogen) atoms. The molecule has 0 saturated heterocycles. The fourth-order valence-electron chi connectivity index (χ4n) is 3.28. The number of nitrogens with one attached hydrogen (secondary N) is 1. The molecule has 5 heteroatoms. The van der Waals surface area contributed by atoms with Crippen LogP contribution < -0.4 is 5.32 Å². The molecule has 0 fully saturated rings. The number of likely N-dealkylation sites (N-methyl/N-ethyl adjacent to an activating group) is 1. The van der Waals surface area contributed by atoms with Crippen LogP contribution in [0.2, 0.25) is 0 Å². The van der Waals surface area contributed by atoms with Crippen molar-refractivity contribution in [2.24, 2.45) is 0 Å². The first-order chi connectivity index (χ1) is 13.5. The number of carboxylic acid groups (broad SMARTS) is 1. The first-order valence-corrected chi connectivity index (χ1v) is 11.3. The highest BCUT2D eigenvalue weighted by molar-refractivity contribution is 5.87. The summed E-state index contributed by atoms with van der Waals surface area (Å²) in [6, 6.07) is -0.448. The Morgan fingerprint density at radius 1 is 0.893 bits per heavy atom. The molecule has 0 aliphatic carbocycles. The molecule has 1 amide bonds. The summed E-state index contributed by atoms with van der Waals surface area (Å²) >= 11 is 0. The summed E-state index contributed by atoms with van der Waals surface area (Å²) in [6.45, 7) is 2.85. The highest BCUT2D eigenvalue weighted by Gasteiger charge is 2.18. The molecule has 0 spiro atoms. The van der Waals surface area contributed by atoms with Crippen LogP contribution in [0.15, 0.2) is 12.2 Å². The van der Waals surface area contributed by atoms with E-state index in [0.29, 0.717) is 13.0 Å². The minimum Gasteiger partial charge on any atom is -0.480 e. The van der Waals surface area contributed by atoms with Gasteiger partial charge in [-0.3, -0.25) is 14.5 Å². The Bertz CT molecular complexity index is 422. The Hall–Kier alpha value is -1.36. The summed E-state index contributed by atoms with van der Waals surface area (Å²) in [5, 5.41) is 12.0. The van der Waals surface area contributed by atoms with Gasteiger partial charge in [0.1, 0.15) is 6.04 Å². The number of rotatable bonds is 19. The lowest BCUT2D eigenvalue weighted by Crippen LogP contribution is -2.35. The number of unbranched alkanes of at least 4 members (excludes halogenated alkanes) is 11. The number of nitrogens with zero attached hydrogens (tertiary/aromatic N) is 1. The lowest BCUT2D eigenvalue weighted by Gasteiger charge is -2.19. The quantitative estimate of drug-likeness (QED) is 0.234. The Morgan fingerprint density at radius 2 is 1.46 bits per heavy atom. The number of hydrogen-bond acceptors (Lipinski definition) is 3. The Kier molecular flexibility index (Phi) is 18.1. The van der Waals surface area contributed by atoms with Gasteiger partial charge in [-0.2, -0.15) is 0 Å². The normalized spacial score (nSPS) is 12.6. The van der Waals surface area contributed by atoms with Gasteiger partial charge in [0.15, 0.2) is 0 Å². The molecule has 0 aromatic rings. The Labute approximate surface area is 173 Å². The van der Waals surface area contributed by atoms with Gasteiger partial charge in [-0.05, 0) is 52.3 Å². The molecule has 0 aromatic heterocycles. The van der Waals surface area contributed by atoms with E-state index in [4.69, 9.17) is 5.11 Å². The zero-order chi connectivity index (χ0) is 21.0. The third-order valence-electron chi connectivity index (χ3n) is 5.11. The molecule has 0 heterocycles. The maximum absolute atomic E-state index is 11.7. The number of carbonyl (C=O) groups is 2. The summed E-state index contributed by atoms with van der Waals surface area (Å²) in [5.74, 6) is -0.835. The predicted octanol–water partition coefficient (Wildman–Crippen LogP) is 5.15. The van der Waals surface area contributed by atoms with E-state index in [1.54, 1.807) is 25.1 Å². The molecule has 0 aromatic carbocycles. The topological polar surface area (TPSA) is 69.6 Å². The van der Waals surface area contributed by atoms with Crippen molar-refractivity contribution in [3.05, 3.63) is 12.2 Å². The van der Waals surface area contributed by atoms with Crippen LogP contribution in [0.1, 0.15) is 96.8 Å². The molecular weight excluding hydrogens is 352 g/mol. The highest BCUT2D eigenvalue weighted by Crippen LogP contribution is 2.11. The predicted molar refractivity (Wildman–Crippen MR) is 118 cm³/mol. The minimum absolute atomic E-state index is 0.0468. The van der Waals surface area contributed by atoms with E-state index in [9.17, 15) is 9.59 Å². The highest BCUT2D eigenvalue weighted by atomic mass is 16.4. The number of hydrogen-bond donors (Lipinski definition) is 2. The average Bonchev–Trinajstić information content (AvgIpc) is 2.64. The first-order valence-electron chi connectivity index (χ1n) is 11.3. The maximum atomic E-state index is 11.7. The third kappa shape index (κ3) is 16.8. The van der Waals surface area contributed by atoms with Gasteiger partial charge < -0.3 is 10.4 Å². The lowest BCUT2D eigenvalue weighted by atomic mass is 10.1. The third-order valence-corrected chi connectivity index (χ3v) is 5.11. The fraction of sp³-hybridized carbons (Fsp3) is 0.826. The second-order valence-electron chi connectivity index (χ2n) is 7.98. The van der Waals surface area contributed by atoms with Crippen LogP contribution in [0.3, 0.4) is 0 Å². The molecule has 0 aliphatic rings. The maximum Gasteiger partial charge on any atom is 0.320 e. The number of amides is 1. The zero-order valence-electron chi connectivity index (χ0n) is 18.5. The van der Waals surface area contributed by atoms with Crippen molar-refractivity contribution in [3.8, 4) is 0 Å². The molecule has 5 nitrogen and oxygen atoms in total. The summed E-state index contributed by atoms with van der Waals surface area (Å²) in [6.07, 6.45) is 20.0. The van der Waals surface area contributed by atoms with Crippen LogP contribution in [-0.4, -0.2) is 48.6 Å². The lowest BCUT2D eigenvalue weighted by molar-refractivity contribution is -0.142. The molecule has 0 rings (SSSR count). The second-order valence-corrected chi connectivity index (χ2v) is 7.98. The Balaban J connectivity index is 3.48. The molecule has 1 atom stereocenters. The van der Waals surface area contributed by atoms with Crippen LogP contribution >= 0.6 is 0 Å². The van der Waals surface area contributed by atoms with Gasteiger partial charge in [0, 0.05) is 6.54 Å². The molecule has 164 valence electrons. The van der Waals surface area contributed by atoms with Crippen LogP contribution in [0.5, 0.6) is 0 Å². The Morgan fingerprint density at radius 3 is 2.00 bits per heavy atom. The molecule has 0 aliphatic heterocycles. The van der Waals surface area contributed by atoms with E-state index in [1.807, 2.05) is 6.08 Å². The zero-order valence-corrected chi connectivity index (χ0v) is 18.5. The van der Waals surface area contributed by atoms with Gasteiger partial charge >= 0.3 is 5.97 Å². The van der Waals surface area contributed by atoms with Crippen molar-refractivity contribution in [1.82, 2.24) is 10.2 Å². The second kappa shape index (κ2) is 19.0. The number of carbonyl (C=O) groups excluding carboxylic acids is 1. The summed E-state index contributed by atoms with van der Waals surface area (Å²) in [4.78, 5) is 24.5. The smallest absolute Gasteiger partial charge is 0.320 e. The SMILES string of the molecule is CCCCCCCCCCCC/C=C/C(=O)NCCCC[C@@H](C(=O)O)N(C)C. The van der Waals surface area contributed by atoms with Crippen molar-refractivity contribution >= 4 is 11.9 Å². The van der Waals surface area contributed by atoms with Gasteiger partial charge in [0.2, 0.25) is 5.91 Å². The number of aliphatic carboxylic acids is 1. The first kappa shape index (κ1) is 26.6. The number of carboxylic acids is 1. The van der Waals surface area contributed by atoms with Crippen molar-refractivity contribution < 1.29 is 14.7 Å². The molecular formula is C23H44N2O3. The van der Waals surface area contributed by atoms with E-state index in [-0.39, 0.29) is 5.91 Å². The largest absolute Gasteiger partial charge is 0.480 e. The van der Waals surface area contributed by atoms with Crippen molar-refractivity contribution in [2.75, 3.05) is 20.6 Å². The van der Waals surface area contributed by atoms with Crippen LogP contribution in [0, 0.1) is 0 Å². The summed E-state index contributed by atoms with van der Waals surface area (Å²) < 4.78 is 0. The van der Waals surface area contributed by atoms with E-state index >= 15 is 0 Å². The molecule has 0 radical (unpaired) electrons. The van der Waals surface area contributed by atoms with Gasteiger partial charge in [0.25, 0.3) is 0 Å². The van der Waals surface area contributed by atoms with E-state index < -0.39 is 12.0 Å². The van der Waals surface area contributed by atoms with E-state index in [2.05, 4.69) is 12.2 Å². The van der Waals surface area contributed by atoms with Crippen LogP contribution in [-0.2, 0) is 9.59 Å². The molecule has 0 saturated carbocycles. The minimum atomic E-state index is -0.788. The summed E-state index contributed by atoms with van der Waals surface area (Å²) in [5.41, 5.74) is 0. The van der Waals surface area contributed by atoms with Gasteiger partial charge in [-0.15, -0.1) is 0 Å². The standard InChI is InChI=1S/C23H44N2O3/c1-4-5-6-7-8-9-10-11-12-13-14-15-19-22(26)24-20-17-16-18-21(23(27)28)25(2)3/h15,19,21H,4-14,16-18,20H2,1-3H3,(H,24,26)(H,27,28)/b19-15+/t21-/m0/s1. The molecule has 0 unspecified atom stereocenters. The van der Waals surface area contributed by atoms with Crippen LogP contribution in [0.4, 0.5) is 0 Å². The monoisotopic (exact) mass is 396 g/mol. The van der Waals surface area contributed by atoms with Crippen LogP contribution in [0.25, 0.3) is 0 Å². The van der Waals surface area contributed by atoms with Crippen molar-refractivity contribution in [1.29, 1.82) is 0 Å². The van der Waals surface area contributed by atoms with Gasteiger partial charge in [-0.1, -0.05) is 70.8 Å². The molecule has 2 N–H and O–H groups in total.